The van der Waals surface area contributed by atoms with Crippen LogP contribution in [-0.4, -0.2) is 17.0 Å². The van der Waals surface area contributed by atoms with Crippen LogP contribution in [0.25, 0.3) is 0 Å². The molecule has 0 bridgehead atoms. The van der Waals surface area contributed by atoms with E-state index in [9.17, 15) is 0 Å². The van der Waals surface area contributed by atoms with E-state index in [0.717, 1.165) is 0 Å². The van der Waals surface area contributed by atoms with E-state index >= 15 is 0 Å². The molecule has 0 heterocycles. The fourth-order valence-electron chi connectivity index (χ4n) is 1.94. The van der Waals surface area contributed by atoms with Gasteiger partial charge in [0.2, 0.25) is 0 Å². The van der Waals surface area contributed by atoms with Crippen molar-refractivity contribution >= 4 is 15.9 Å². The Morgan fingerprint density at radius 3 is 1.17 bits per heavy atom. The maximum absolute atomic E-state index is 7.57. The highest BCUT2D eigenvalue weighted by atomic mass is 79.9. The molecule has 18 heavy (non-hydrogen) atoms. The number of alkyl halides is 1. The van der Waals surface area contributed by atoms with E-state index < -0.39 is 0 Å². The summed E-state index contributed by atoms with van der Waals surface area (Å²) in [6.45, 7) is 4.22. The van der Waals surface area contributed by atoms with Gasteiger partial charge < -0.3 is 5.11 Å². The Hall–Kier alpha value is 0.440. The SMILES string of the molecule is CCCCCCCCCCCCCCBr.CCO. The summed E-state index contributed by atoms with van der Waals surface area (Å²) in [5.41, 5.74) is 0. The third-order valence-electron chi connectivity index (χ3n) is 2.99. The van der Waals surface area contributed by atoms with Gasteiger partial charge in [-0.3, -0.25) is 0 Å². The Balaban J connectivity index is 0. The minimum atomic E-state index is 0.250. The molecule has 0 spiro atoms. The van der Waals surface area contributed by atoms with Gasteiger partial charge in [-0.2, -0.15) is 0 Å². The molecule has 112 valence electrons. The predicted molar refractivity (Wildman–Crippen MR) is 87.6 cm³/mol. The molecule has 2 heteroatoms. The van der Waals surface area contributed by atoms with Gasteiger partial charge in [-0.1, -0.05) is 93.5 Å². The summed E-state index contributed by atoms with van der Waals surface area (Å²) < 4.78 is 0. The van der Waals surface area contributed by atoms with Gasteiger partial charge in [0.15, 0.2) is 0 Å². The van der Waals surface area contributed by atoms with Crippen LogP contribution in [0.15, 0.2) is 0 Å². The molecular weight excluding hydrogens is 288 g/mol. The number of aliphatic hydroxyl groups is 1. The van der Waals surface area contributed by atoms with Gasteiger partial charge in [-0.25, -0.2) is 0 Å². The second-order valence-corrected chi connectivity index (χ2v) is 5.69. The standard InChI is InChI=1S/C14H29Br.C2H6O/c1-2-3-4-5-6-7-8-9-10-11-12-13-14-15;1-2-3/h2-14H2,1H3;3H,2H2,1H3. The first-order valence-corrected chi connectivity index (χ1v) is 9.12. The first-order chi connectivity index (χ1) is 8.83. The van der Waals surface area contributed by atoms with Gasteiger partial charge >= 0.3 is 0 Å². The molecule has 0 aliphatic carbocycles. The molecule has 0 saturated heterocycles. The van der Waals surface area contributed by atoms with Crippen molar-refractivity contribution in [1.29, 1.82) is 0 Å². The molecule has 0 unspecified atom stereocenters. The topological polar surface area (TPSA) is 20.2 Å². The maximum atomic E-state index is 7.57. The van der Waals surface area contributed by atoms with E-state index in [1.54, 1.807) is 6.92 Å². The van der Waals surface area contributed by atoms with Gasteiger partial charge in [0.05, 0.1) is 0 Å². The molecule has 0 saturated carbocycles. The number of halogens is 1. The van der Waals surface area contributed by atoms with Crippen molar-refractivity contribution in [3.8, 4) is 0 Å². The van der Waals surface area contributed by atoms with Gasteiger partial charge in [0.25, 0.3) is 0 Å². The molecule has 0 rings (SSSR count). The second kappa shape index (κ2) is 22.6. The molecule has 0 amide bonds. The highest BCUT2D eigenvalue weighted by Gasteiger charge is 1.92. The Bertz CT molecular complexity index is 106. The predicted octanol–water partition coefficient (Wildman–Crippen LogP) is 6.08. The van der Waals surface area contributed by atoms with Crippen molar-refractivity contribution < 1.29 is 5.11 Å². The molecule has 0 aromatic heterocycles. The van der Waals surface area contributed by atoms with E-state index in [1.165, 1.54) is 82.4 Å². The molecule has 0 aliphatic heterocycles. The van der Waals surface area contributed by atoms with Crippen molar-refractivity contribution in [3.05, 3.63) is 0 Å². The first kappa shape index (κ1) is 20.8. The van der Waals surface area contributed by atoms with Crippen LogP contribution in [0.1, 0.15) is 90.9 Å². The number of rotatable bonds is 12. The van der Waals surface area contributed by atoms with E-state index in [-0.39, 0.29) is 6.61 Å². The summed E-state index contributed by atoms with van der Waals surface area (Å²) in [4.78, 5) is 0. The molecule has 0 fully saturated rings. The fourth-order valence-corrected chi connectivity index (χ4v) is 2.33. The van der Waals surface area contributed by atoms with Crippen molar-refractivity contribution in [2.45, 2.75) is 90.9 Å². The molecular formula is C16H35BrO. The molecule has 1 N–H and O–H groups in total. The lowest BCUT2D eigenvalue weighted by Gasteiger charge is -2.01. The van der Waals surface area contributed by atoms with Crippen molar-refractivity contribution in [1.82, 2.24) is 0 Å². The summed E-state index contributed by atoms with van der Waals surface area (Å²) in [7, 11) is 0. The largest absolute Gasteiger partial charge is 0.397 e. The Morgan fingerprint density at radius 1 is 0.611 bits per heavy atom. The third-order valence-corrected chi connectivity index (χ3v) is 3.55. The van der Waals surface area contributed by atoms with Crippen molar-refractivity contribution in [2.24, 2.45) is 0 Å². The molecule has 1 nitrogen and oxygen atoms in total. The molecule has 0 aromatic carbocycles. The number of aliphatic hydroxyl groups excluding tert-OH is 1. The summed E-state index contributed by atoms with van der Waals surface area (Å²) in [5, 5.41) is 8.75. The average molecular weight is 323 g/mol. The van der Waals surface area contributed by atoms with Gasteiger partial charge in [0, 0.05) is 11.9 Å². The summed E-state index contributed by atoms with van der Waals surface area (Å²) in [5.74, 6) is 0. The smallest absolute Gasteiger partial charge is 0.0402 e. The van der Waals surface area contributed by atoms with Crippen LogP contribution in [-0.2, 0) is 0 Å². The van der Waals surface area contributed by atoms with E-state index in [1.807, 2.05) is 0 Å². The van der Waals surface area contributed by atoms with Crippen LogP contribution in [0.3, 0.4) is 0 Å². The zero-order chi connectivity index (χ0) is 13.9. The molecule has 0 atom stereocenters. The maximum Gasteiger partial charge on any atom is 0.0402 e. The van der Waals surface area contributed by atoms with Crippen molar-refractivity contribution in [2.75, 3.05) is 11.9 Å². The van der Waals surface area contributed by atoms with Gasteiger partial charge in [-0.15, -0.1) is 0 Å². The average Bonchev–Trinajstić information content (AvgIpc) is 2.37. The molecule has 0 aliphatic rings. The van der Waals surface area contributed by atoms with Crippen LogP contribution < -0.4 is 0 Å². The third kappa shape index (κ3) is 25.3. The van der Waals surface area contributed by atoms with E-state index in [2.05, 4.69) is 22.9 Å². The minimum Gasteiger partial charge on any atom is -0.397 e. The Labute approximate surface area is 124 Å². The Kier molecular flexibility index (Phi) is 26.1. The summed E-state index contributed by atoms with van der Waals surface area (Å²) in [6.07, 6.45) is 17.3. The molecule has 0 aromatic rings. The first-order valence-electron chi connectivity index (χ1n) is 8.00. The zero-order valence-electron chi connectivity index (χ0n) is 12.7. The fraction of sp³-hybridized carbons (Fsp3) is 1.00. The lowest BCUT2D eigenvalue weighted by atomic mass is 10.1. The normalized spacial score (nSPS) is 10.0. The van der Waals surface area contributed by atoms with Crippen molar-refractivity contribution in [3.63, 3.8) is 0 Å². The monoisotopic (exact) mass is 322 g/mol. The lowest BCUT2D eigenvalue weighted by molar-refractivity contribution is 0.318. The molecule has 0 radical (unpaired) electrons. The summed E-state index contributed by atoms with van der Waals surface area (Å²) in [6, 6.07) is 0. The van der Waals surface area contributed by atoms with Crippen LogP contribution >= 0.6 is 15.9 Å². The zero-order valence-corrected chi connectivity index (χ0v) is 14.3. The highest BCUT2D eigenvalue weighted by molar-refractivity contribution is 9.09. The van der Waals surface area contributed by atoms with Crippen LogP contribution in [0, 0.1) is 0 Å². The highest BCUT2D eigenvalue weighted by Crippen LogP contribution is 2.11. The number of unbranched alkanes of at least 4 members (excludes halogenated alkanes) is 11. The summed E-state index contributed by atoms with van der Waals surface area (Å²) >= 11 is 3.47. The quantitative estimate of drug-likeness (QED) is 0.341. The van der Waals surface area contributed by atoms with Crippen LogP contribution in [0.4, 0.5) is 0 Å². The van der Waals surface area contributed by atoms with Crippen LogP contribution in [0.5, 0.6) is 0 Å². The number of hydrogen-bond acceptors (Lipinski definition) is 1. The van der Waals surface area contributed by atoms with Crippen LogP contribution in [0.2, 0.25) is 0 Å². The lowest BCUT2D eigenvalue weighted by Crippen LogP contribution is -1.82. The number of hydrogen-bond donors (Lipinski definition) is 1. The second-order valence-electron chi connectivity index (χ2n) is 4.89. The minimum absolute atomic E-state index is 0.250. The van der Waals surface area contributed by atoms with Gasteiger partial charge in [-0.05, 0) is 13.3 Å². The van der Waals surface area contributed by atoms with E-state index in [4.69, 9.17) is 5.11 Å². The van der Waals surface area contributed by atoms with E-state index in [0.29, 0.717) is 0 Å². The van der Waals surface area contributed by atoms with Gasteiger partial charge in [0.1, 0.15) is 0 Å². The Morgan fingerprint density at radius 2 is 0.889 bits per heavy atom.